The maximum absolute atomic E-state index is 11.1. The van der Waals surface area contributed by atoms with Gasteiger partial charge in [-0.2, -0.15) is 5.26 Å². The van der Waals surface area contributed by atoms with Gasteiger partial charge in [-0.15, -0.1) is 0 Å². The maximum atomic E-state index is 11.1. The Labute approximate surface area is 120 Å². The second-order valence-corrected chi connectivity index (χ2v) is 4.07. The van der Waals surface area contributed by atoms with E-state index in [1.165, 1.54) is 25.3 Å². The summed E-state index contributed by atoms with van der Waals surface area (Å²) in [6, 6.07) is 9.48. The number of nitrogens with two attached hydrogens (primary N) is 2. The van der Waals surface area contributed by atoms with E-state index in [2.05, 4.69) is 4.98 Å². The van der Waals surface area contributed by atoms with Gasteiger partial charge in [0.15, 0.2) is 0 Å². The fraction of sp³-hybridized carbons (Fsp3) is 0.0714. The quantitative estimate of drug-likeness (QED) is 0.875. The first kappa shape index (κ1) is 14.1. The summed E-state index contributed by atoms with van der Waals surface area (Å²) < 4.78 is 10.6. The first-order chi connectivity index (χ1) is 10.0. The number of nitrogen functional groups attached to an aromatic ring is 1. The molecule has 0 spiro atoms. The number of primary amides is 1. The molecule has 4 N–H and O–H groups in total. The molecule has 0 atom stereocenters. The highest BCUT2D eigenvalue weighted by Crippen LogP contribution is 2.29. The molecule has 0 radical (unpaired) electrons. The molecule has 1 amide bonds. The van der Waals surface area contributed by atoms with Gasteiger partial charge in [0.05, 0.1) is 24.4 Å². The molecule has 106 valence electrons. The number of methoxy groups -OCH3 is 1. The third-order valence-corrected chi connectivity index (χ3v) is 2.60. The van der Waals surface area contributed by atoms with E-state index in [1.807, 2.05) is 6.07 Å². The molecule has 0 fully saturated rings. The Morgan fingerprint density at radius 3 is 2.62 bits per heavy atom. The highest BCUT2D eigenvalue weighted by molar-refractivity contribution is 5.91. The molecule has 0 saturated heterocycles. The fourth-order valence-electron chi connectivity index (χ4n) is 1.59. The van der Waals surface area contributed by atoms with Crippen molar-refractivity contribution < 1.29 is 14.3 Å². The minimum absolute atomic E-state index is 0.0302. The molecule has 0 unspecified atom stereocenters. The average Bonchev–Trinajstić information content (AvgIpc) is 2.48. The van der Waals surface area contributed by atoms with Gasteiger partial charge in [0.1, 0.15) is 17.2 Å². The van der Waals surface area contributed by atoms with Crippen LogP contribution in [0, 0.1) is 11.3 Å². The zero-order valence-electron chi connectivity index (χ0n) is 11.2. The van der Waals surface area contributed by atoms with Gasteiger partial charge >= 0.3 is 0 Å². The van der Waals surface area contributed by atoms with E-state index in [4.69, 9.17) is 26.2 Å². The van der Waals surface area contributed by atoms with Crippen LogP contribution in [0.3, 0.4) is 0 Å². The zero-order chi connectivity index (χ0) is 15.4. The van der Waals surface area contributed by atoms with Gasteiger partial charge < -0.3 is 20.9 Å². The van der Waals surface area contributed by atoms with Gasteiger partial charge in [0.2, 0.25) is 5.88 Å². The number of ether oxygens (including phenoxy) is 2. The van der Waals surface area contributed by atoms with Crippen LogP contribution < -0.4 is 20.9 Å². The van der Waals surface area contributed by atoms with Gasteiger partial charge in [-0.1, -0.05) is 0 Å². The number of hydrogen-bond acceptors (Lipinski definition) is 6. The van der Waals surface area contributed by atoms with Crippen LogP contribution in [0.2, 0.25) is 0 Å². The fourth-order valence-corrected chi connectivity index (χ4v) is 1.59. The number of amides is 1. The lowest BCUT2D eigenvalue weighted by molar-refractivity contribution is 0.0995. The van der Waals surface area contributed by atoms with E-state index >= 15 is 0 Å². The number of pyridine rings is 1. The second-order valence-electron chi connectivity index (χ2n) is 4.07. The van der Waals surface area contributed by atoms with Crippen LogP contribution >= 0.6 is 0 Å². The number of rotatable bonds is 4. The molecule has 2 rings (SSSR count). The number of benzene rings is 1. The Morgan fingerprint density at radius 2 is 2.00 bits per heavy atom. The smallest absolute Gasteiger partial charge is 0.267 e. The molecule has 7 heteroatoms. The summed E-state index contributed by atoms with van der Waals surface area (Å²) >= 11 is 0. The summed E-state index contributed by atoms with van der Waals surface area (Å²) in [6.07, 6.45) is 0. The number of anilines is 1. The van der Waals surface area contributed by atoms with Crippen LogP contribution in [0.1, 0.15) is 16.1 Å². The molecule has 1 aromatic carbocycles. The molecular formula is C14H12N4O3. The summed E-state index contributed by atoms with van der Waals surface area (Å²) in [5, 5.41) is 8.96. The topological polar surface area (TPSA) is 124 Å². The van der Waals surface area contributed by atoms with Crippen molar-refractivity contribution in [2.75, 3.05) is 12.8 Å². The van der Waals surface area contributed by atoms with Crippen molar-refractivity contribution in [1.82, 2.24) is 4.98 Å². The van der Waals surface area contributed by atoms with Crippen molar-refractivity contribution in [2.24, 2.45) is 5.73 Å². The number of carbonyl (C=O) groups excluding carboxylic acids is 1. The third kappa shape index (κ3) is 3.19. The summed E-state index contributed by atoms with van der Waals surface area (Å²) in [5.74, 6) is 0.104. The van der Waals surface area contributed by atoms with Crippen LogP contribution in [0.15, 0.2) is 30.3 Å². The predicted molar refractivity (Wildman–Crippen MR) is 75.0 cm³/mol. The van der Waals surface area contributed by atoms with Crippen molar-refractivity contribution in [3.8, 4) is 23.4 Å². The minimum atomic E-state index is -0.691. The summed E-state index contributed by atoms with van der Waals surface area (Å²) in [7, 11) is 1.47. The molecule has 7 nitrogen and oxygen atoms in total. The average molecular weight is 284 g/mol. The van der Waals surface area contributed by atoms with Gasteiger partial charge in [0, 0.05) is 6.07 Å². The molecule has 0 aliphatic heterocycles. The number of aromatic nitrogens is 1. The monoisotopic (exact) mass is 284 g/mol. The predicted octanol–water partition coefficient (Wildman–Crippen LogP) is 1.44. The van der Waals surface area contributed by atoms with Crippen LogP contribution in [-0.2, 0) is 0 Å². The minimum Gasteiger partial charge on any atom is -0.497 e. The molecule has 1 aromatic heterocycles. The van der Waals surface area contributed by atoms with Crippen LogP contribution in [0.4, 0.5) is 5.69 Å². The first-order valence-corrected chi connectivity index (χ1v) is 5.87. The molecule has 2 aromatic rings. The highest BCUT2D eigenvalue weighted by atomic mass is 16.5. The number of hydrogen-bond donors (Lipinski definition) is 2. The summed E-state index contributed by atoms with van der Waals surface area (Å²) in [5.41, 5.74) is 11.5. The summed E-state index contributed by atoms with van der Waals surface area (Å²) in [4.78, 5) is 15.1. The van der Waals surface area contributed by atoms with Crippen LogP contribution in [-0.4, -0.2) is 18.0 Å². The normalized spacial score (nSPS) is 9.71. The second kappa shape index (κ2) is 5.79. The van der Waals surface area contributed by atoms with E-state index in [1.54, 1.807) is 12.1 Å². The molecule has 0 aliphatic rings. The standard InChI is InChI=1S/C14H12N4O3/c1-20-9-4-8(7-15)5-10(6-9)21-14-11(16)2-3-12(18-14)13(17)19/h2-6H,16H2,1H3,(H2,17,19). The molecule has 21 heavy (non-hydrogen) atoms. The van der Waals surface area contributed by atoms with E-state index in [0.29, 0.717) is 17.1 Å². The Morgan fingerprint density at radius 1 is 1.29 bits per heavy atom. The Bertz CT molecular complexity index is 737. The number of carbonyl (C=O) groups is 1. The molecule has 0 aliphatic carbocycles. The van der Waals surface area contributed by atoms with Crippen molar-refractivity contribution in [1.29, 1.82) is 5.26 Å². The largest absolute Gasteiger partial charge is 0.497 e. The van der Waals surface area contributed by atoms with Crippen molar-refractivity contribution >= 4 is 11.6 Å². The Kier molecular flexibility index (Phi) is 3.90. The van der Waals surface area contributed by atoms with E-state index < -0.39 is 5.91 Å². The summed E-state index contributed by atoms with van der Waals surface area (Å²) in [6.45, 7) is 0. The van der Waals surface area contributed by atoms with Crippen molar-refractivity contribution in [3.05, 3.63) is 41.6 Å². The molecular weight excluding hydrogens is 272 g/mol. The van der Waals surface area contributed by atoms with Crippen LogP contribution in [0.5, 0.6) is 17.4 Å². The lowest BCUT2D eigenvalue weighted by atomic mass is 10.2. The SMILES string of the molecule is COc1cc(C#N)cc(Oc2nc(C(N)=O)ccc2N)c1. The van der Waals surface area contributed by atoms with E-state index in [9.17, 15) is 4.79 Å². The number of nitrogens with zero attached hydrogens (tertiary/aromatic N) is 2. The van der Waals surface area contributed by atoms with E-state index in [-0.39, 0.29) is 17.3 Å². The third-order valence-electron chi connectivity index (χ3n) is 2.60. The van der Waals surface area contributed by atoms with Crippen molar-refractivity contribution in [3.63, 3.8) is 0 Å². The lowest BCUT2D eigenvalue weighted by Gasteiger charge is -2.10. The Hall–Kier alpha value is -3.27. The molecule has 0 bridgehead atoms. The lowest BCUT2D eigenvalue weighted by Crippen LogP contribution is -2.13. The zero-order valence-corrected chi connectivity index (χ0v) is 11.2. The van der Waals surface area contributed by atoms with Gasteiger partial charge in [-0.25, -0.2) is 4.98 Å². The molecule has 0 saturated carbocycles. The Balaban J connectivity index is 2.40. The highest BCUT2D eigenvalue weighted by Gasteiger charge is 2.10. The van der Waals surface area contributed by atoms with Gasteiger partial charge in [-0.3, -0.25) is 4.79 Å². The first-order valence-electron chi connectivity index (χ1n) is 5.87. The van der Waals surface area contributed by atoms with Crippen LogP contribution in [0.25, 0.3) is 0 Å². The molecule has 1 heterocycles. The van der Waals surface area contributed by atoms with Gasteiger partial charge in [0.25, 0.3) is 5.91 Å². The van der Waals surface area contributed by atoms with E-state index in [0.717, 1.165) is 0 Å². The maximum Gasteiger partial charge on any atom is 0.267 e. The number of nitriles is 1. The van der Waals surface area contributed by atoms with Gasteiger partial charge in [-0.05, 0) is 24.3 Å². The van der Waals surface area contributed by atoms with Crippen molar-refractivity contribution in [2.45, 2.75) is 0 Å².